The van der Waals surface area contributed by atoms with E-state index in [1.54, 1.807) is 0 Å². The van der Waals surface area contributed by atoms with Crippen LogP contribution in [0.1, 0.15) is 12.8 Å². The molecule has 3 N–H and O–H groups in total. The van der Waals surface area contributed by atoms with E-state index < -0.39 is 7.32 Å². The Hall–Kier alpha value is 0.905. The Labute approximate surface area is 82.7 Å². The van der Waals surface area contributed by atoms with Crippen molar-refractivity contribution >= 4 is 36.9 Å². The maximum absolute atomic E-state index is 8.25. The molecule has 0 bridgehead atoms. The summed E-state index contributed by atoms with van der Waals surface area (Å²) >= 11 is 0. The summed E-state index contributed by atoms with van der Waals surface area (Å²) in [7, 11) is -1.68. The Kier molecular flexibility index (Phi) is 13.4. The molecule has 0 aliphatic heterocycles. The number of hydrogen-bond donors (Lipinski definition) is 3. The summed E-state index contributed by atoms with van der Waals surface area (Å²) in [5, 5.41) is 24.5. The fraction of sp³-hybridized carbons (Fsp3) is 1.00. The molecule has 0 amide bonds. The Balaban J connectivity index is 0. The van der Waals surface area contributed by atoms with Crippen molar-refractivity contribution in [3.63, 3.8) is 0 Å². The van der Waals surface area contributed by atoms with Crippen LogP contribution in [0.4, 0.5) is 0 Å². The van der Waals surface area contributed by atoms with Gasteiger partial charge in [0, 0.05) is 13.2 Å². The molecule has 0 spiro atoms. The summed E-state index contributed by atoms with van der Waals surface area (Å²) < 4.78 is 4.34. The molecule has 0 saturated heterocycles. The van der Waals surface area contributed by atoms with Crippen LogP contribution in [0.15, 0.2) is 0 Å². The monoisotopic (exact) mass is 158 g/mol. The van der Waals surface area contributed by atoms with Crippen molar-refractivity contribution in [2.75, 3.05) is 13.2 Å². The first-order valence-corrected chi connectivity index (χ1v) is 2.86. The van der Waals surface area contributed by atoms with Gasteiger partial charge in [0.05, 0.1) is 0 Å². The molecule has 0 aliphatic carbocycles. The van der Waals surface area contributed by atoms with Gasteiger partial charge in [0.15, 0.2) is 0 Å². The molecule has 0 aliphatic rings. The minimum atomic E-state index is -1.68. The zero-order chi connectivity index (χ0) is 7.11. The van der Waals surface area contributed by atoms with Crippen LogP contribution in [0.5, 0.6) is 0 Å². The Morgan fingerprint density at radius 2 is 1.80 bits per heavy atom. The van der Waals surface area contributed by atoms with Crippen molar-refractivity contribution in [3.8, 4) is 0 Å². The van der Waals surface area contributed by atoms with Crippen molar-refractivity contribution in [1.82, 2.24) is 0 Å². The van der Waals surface area contributed by atoms with E-state index in [4.69, 9.17) is 15.2 Å². The fourth-order valence-electron chi connectivity index (χ4n) is 0.403. The zero-order valence-corrected chi connectivity index (χ0v) is 5.16. The van der Waals surface area contributed by atoms with Crippen LogP contribution in [0.2, 0.25) is 0 Å². The van der Waals surface area contributed by atoms with Gasteiger partial charge in [-0.2, -0.15) is 0 Å². The number of aliphatic hydroxyl groups excluding tert-OH is 1. The van der Waals surface area contributed by atoms with Crippen LogP contribution >= 0.6 is 0 Å². The third-order valence-corrected chi connectivity index (χ3v) is 0.819. The number of unbranched alkanes of at least 4 members (excludes halogenated alkanes) is 1. The predicted octanol–water partition coefficient (Wildman–Crippen LogP) is -1.90. The molecule has 0 heterocycles. The topological polar surface area (TPSA) is 69.9 Å². The van der Waals surface area contributed by atoms with Crippen molar-refractivity contribution < 1.29 is 19.8 Å². The third kappa shape index (κ3) is 11.7. The molecule has 0 saturated carbocycles. The quantitative estimate of drug-likeness (QED) is 0.322. The summed E-state index contributed by atoms with van der Waals surface area (Å²) in [6, 6.07) is 0. The Morgan fingerprint density at radius 1 is 1.20 bits per heavy atom. The second kappa shape index (κ2) is 9.90. The van der Waals surface area contributed by atoms with Gasteiger partial charge in [-0.25, -0.2) is 0 Å². The van der Waals surface area contributed by atoms with Crippen LogP contribution < -0.4 is 0 Å². The van der Waals surface area contributed by atoms with Crippen molar-refractivity contribution in [2.24, 2.45) is 0 Å². The van der Waals surface area contributed by atoms with Gasteiger partial charge in [-0.1, -0.05) is 0 Å². The van der Waals surface area contributed by atoms with Crippen LogP contribution in [-0.4, -0.2) is 65.2 Å². The molecule has 0 fully saturated rings. The average molecular weight is 158 g/mol. The minimum absolute atomic E-state index is 0. The number of rotatable bonds is 5. The van der Waals surface area contributed by atoms with Gasteiger partial charge in [-0.05, 0) is 12.8 Å². The summed E-state index contributed by atoms with van der Waals surface area (Å²) in [5.74, 6) is 0. The molecule has 0 aromatic heterocycles. The van der Waals surface area contributed by atoms with Crippen LogP contribution in [0.25, 0.3) is 0 Å². The van der Waals surface area contributed by atoms with Crippen LogP contribution in [0, 0.1) is 0 Å². The van der Waals surface area contributed by atoms with E-state index in [9.17, 15) is 0 Å². The molecule has 0 aromatic carbocycles. The van der Waals surface area contributed by atoms with Crippen LogP contribution in [0.3, 0.4) is 0 Å². The number of hydrogen-bond acceptors (Lipinski definition) is 4. The average Bonchev–Trinajstić information content (AvgIpc) is 1.80. The van der Waals surface area contributed by atoms with Gasteiger partial charge < -0.3 is 19.8 Å². The molecule has 4 nitrogen and oxygen atoms in total. The molecule has 56 valence electrons. The first kappa shape index (κ1) is 13.5. The third-order valence-electron chi connectivity index (χ3n) is 0.819. The molecular formula is C4H12BNaO4. The molecule has 0 radical (unpaired) electrons. The normalized spacial score (nSPS) is 8.70. The summed E-state index contributed by atoms with van der Waals surface area (Å²) in [5.41, 5.74) is 0. The van der Waals surface area contributed by atoms with Gasteiger partial charge in [0.25, 0.3) is 0 Å². The first-order valence-electron chi connectivity index (χ1n) is 2.86. The van der Waals surface area contributed by atoms with E-state index in [0.29, 0.717) is 12.8 Å². The van der Waals surface area contributed by atoms with E-state index in [0.717, 1.165) is 0 Å². The van der Waals surface area contributed by atoms with E-state index in [1.807, 2.05) is 0 Å². The fourth-order valence-corrected chi connectivity index (χ4v) is 0.403. The van der Waals surface area contributed by atoms with E-state index in [-0.39, 0.29) is 42.8 Å². The van der Waals surface area contributed by atoms with Gasteiger partial charge in [0.2, 0.25) is 0 Å². The summed E-state index contributed by atoms with van der Waals surface area (Å²) in [6.45, 7) is 0.392. The predicted molar refractivity (Wildman–Crippen MR) is 39.6 cm³/mol. The summed E-state index contributed by atoms with van der Waals surface area (Å²) in [6.07, 6.45) is 1.28. The van der Waals surface area contributed by atoms with Gasteiger partial charge in [0.1, 0.15) is 0 Å². The van der Waals surface area contributed by atoms with E-state index >= 15 is 0 Å². The molecule has 0 unspecified atom stereocenters. The standard InChI is InChI=1S/C4H11BO4.Na.H/c6-3-1-2-4-9-5(7)8;;/h6-8H,1-4H2;;. The number of aliphatic hydroxyl groups is 1. The van der Waals surface area contributed by atoms with Crippen molar-refractivity contribution in [3.05, 3.63) is 0 Å². The Morgan fingerprint density at radius 3 is 2.20 bits per heavy atom. The summed E-state index contributed by atoms with van der Waals surface area (Å²) in [4.78, 5) is 0. The van der Waals surface area contributed by atoms with Crippen molar-refractivity contribution in [1.29, 1.82) is 0 Å². The van der Waals surface area contributed by atoms with Crippen LogP contribution in [-0.2, 0) is 4.65 Å². The molecule has 10 heavy (non-hydrogen) atoms. The SMILES string of the molecule is OCCCCOB(O)O.[NaH]. The van der Waals surface area contributed by atoms with E-state index in [1.165, 1.54) is 0 Å². The molecule has 0 aromatic rings. The molecule has 6 heteroatoms. The molecule has 0 atom stereocenters. The second-order valence-corrected chi connectivity index (χ2v) is 1.63. The van der Waals surface area contributed by atoms with Crippen molar-refractivity contribution in [2.45, 2.75) is 12.8 Å². The van der Waals surface area contributed by atoms with Gasteiger partial charge >= 0.3 is 36.9 Å². The van der Waals surface area contributed by atoms with Gasteiger partial charge in [-0.3, -0.25) is 0 Å². The second-order valence-electron chi connectivity index (χ2n) is 1.63. The zero-order valence-electron chi connectivity index (χ0n) is 5.16. The first-order chi connectivity index (χ1) is 4.27. The molecular weight excluding hydrogens is 146 g/mol. The Bertz CT molecular complexity index is 63.2. The molecule has 0 rings (SSSR count). The van der Waals surface area contributed by atoms with E-state index in [2.05, 4.69) is 4.65 Å². The maximum atomic E-state index is 8.25. The van der Waals surface area contributed by atoms with Gasteiger partial charge in [-0.15, -0.1) is 0 Å².